The zero-order chi connectivity index (χ0) is 22.4. The summed E-state index contributed by atoms with van der Waals surface area (Å²) in [6.07, 6.45) is 0.0327. The number of ether oxygens (including phenoxy) is 1. The van der Waals surface area contributed by atoms with Crippen LogP contribution >= 0.6 is 11.6 Å². The number of hydrazine groups is 1. The van der Waals surface area contributed by atoms with E-state index in [0.29, 0.717) is 10.6 Å². The second-order valence-electron chi connectivity index (χ2n) is 7.15. The third-order valence-corrected chi connectivity index (χ3v) is 5.26. The van der Waals surface area contributed by atoms with Crippen molar-refractivity contribution in [3.8, 4) is 0 Å². The highest BCUT2D eigenvalue weighted by atomic mass is 35.5. The maximum Gasteiger partial charge on any atom is 0.311 e. The third-order valence-electron chi connectivity index (χ3n) is 5.01. The van der Waals surface area contributed by atoms with Crippen LogP contribution in [0.5, 0.6) is 0 Å². The summed E-state index contributed by atoms with van der Waals surface area (Å²) in [4.78, 5) is 50.1. The van der Waals surface area contributed by atoms with Crippen molar-refractivity contribution in [2.75, 3.05) is 13.2 Å². The Balaban J connectivity index is 1.44. The summed E-state index contributed by atoms with van der Waals surface area (Å²) in [5, 5.41) is 0.481. The molecule has 0 radical (unpaired) electrons. The van der Waals surface area contributed by atoms with Crippen LogP contribution in [0.15, 0.2) is 54.6 Å². The number of amides is 3. The van der Waals surface area contributed by atoms with Crippen molar-refractivity contribution >= 4 is 35.3 Å². The number of hydrogen-bond acceptors (Lipinski definition) is 5. The average molecular weight is 444 g/mol. The van der Waals surface area contributed by atoms with Gasteiger partial charge in [0, 0.05) is 23.6 Å². The van der Waals surface area contributed by atoms with Gasteiger partial charge < -0.3 is 9.64 Å². The third kappa shape index (κ3) is 5.82. The lowest BCUT2D eigenvalue weighted by molar-refractivity contribution is -0.152. The molecule has 0 aromatic heterocycles. The van der Waals surface area contributed by atoms with Gasteiger partial charge in [0.25, 0.3) is 11.8 Å². The quantitative estimate of drug-likeness (QED) is 0.526. The van der Waals surface area contributed by atoms with Crippen LogP contribution in [0.25, 0.3) is 0 Å². The Morgan fingerprint density at radius 3 is 2.45 bits per heavy atom. The summed E-state index contributed by atoms with van der Waals surface area (Å²) in [6, 6.07) is 15.5. The van der Waals surface area contributed by atoms with E-state index in [9.17, 15) is 19.2 Å². The van der Waals surface area contributed by atoms with Crippen LogP contribution in [0.2, 0.25) is 5.02 Å². The summed E-state index contributed by atoms with van der Waals surface area (Å²) >= 11 is 5.76. The molecular formula is C22H22ClN3O5. The van der Waals surface area contributed by atoms with E-state index in [4.69, 9.17) is 16.3 Å². The Labute approximate surface area is 184 Å². The molecule has 0 aliphatic carbocycles. The van der Waals surface area contributed by atoms with Gasteiger partial charge in [0.05, 0.1) is 12.0 Å². The number of esters is 1. The van der Waals surface area contributed by atoms with Gasteiger partial charge in [0.15, 0.2) is 6.61 Å². The molecule has 9 heteroatoms. The second-order valence-corrected chi connectivity index (χ2v) is 7.59. The molecule has 1 saturated heterocycles. The molecule has 1 aliphatic rings. The molecule has 2 atom stereocenters. The van der Waals surface area contributed by atoms with Crippen molar-refractivity contribution < 1.29 is 23.9 Å². The van der Waals surface area contributed by atoms with E-state index in [2.05, 4.69) is 10.9 Å². The van der Waals surface area contributed by atoms with Crippen LogP contribution < -0.4 is 10.9 Å². The number of rotatable bonds is 6. The first-order valence-corrected chi connectivity index (χ1v) is 10.1. The molecule has 1 fully saturated rings. The van der Waals surface area contributed by atoms with Crippen molar-refractivity contribution in [2.24, 2.45) is 5.92 Å². The standard InChI is InChI=1S/C22H22ClN3O5/c1-14(15-5-3-2-4-6-15)26-12-17(11-20(26)28)22(30)31-13-19(27)24-25-21(29)16-7-9-18(23)10-8-16/h2-10,14,17H,11-13H2,1H3,(H,24,27)(H,25,29)/t14-,17-/m0/s1. The molecule has 162 valence electrons. The summed E-state index contributed by atoms with van der Waals surface area (Å²) in [7, 11) is 0. The van der Waals surface area contributed by atoms with E-state index in [1.54, 1.807) is 17.0 Å². The first-order valence-electron chi connectivity index (χ1n) is 9.71. The van der Waals surface area contributed by atoms with Crippen LogP contribution in [0.4, 0.5) is 0 Å². The predicted molar refractivity (Wildman–Crippen MR) is 113 cm³/mol. The van der Waals surface area contributed by atoms with Gasteiger partial charge in [-0.05, 0) is 36.8 Å². The minimum absolute atomic E-state index is 0.0327. The first-order chi connectivity index (χ1) is 14.8. The minimum atomic E-state index is -0.700. The fourth-order valence-electron chi connectivity index (χ4n) is 3.27. The summed E-state index contributed by atoms with van der Waals surface area (Å²) in [5.41, 5.74) is 5.67. The number of hydrogen-bond donors (Lipinski definition) is 2. The number of halogens is 1. The van der Waals surface area contributed by atoms with Crippen LogP contribution in [0.3, 0.4) is 0 Å². The van der Waals surface area contributed by atoms with Gasteiger partial charge in [0.2, 0.25) is 5.91 Å². The Hall–Kier alpha value is -3.39. The molecule has 0 bridgehead atoms. The second kappa shape index (κ2) is 10.1. The van der Waals surface area contributed by atoms with E-state index < -0.39 is 30.3 Å². The van der Waals surface area contributed by atoms with E-state index in [-0.39, 0.29) is 24.9 Å². The maximum absolute atomic E-state index is 12.4. The number of benzene rings is 2. The molecule has 3 rings (SSSR count). The molecule has 0 spiro atoms. The fraction of sp³-hybridized carbons (Fsp3) is 0.273. The lowest BCUT2D eigenvalue weighted by Crippen LogP contribution is -2.43. The summed E-state index contributed by atoms with van der Waals surface area (Å²) in [6.45, 7) is 1.55. The predicted octanol–water partition coefficient (Wildman–Crippen LogP) is 2.25. The van der Waals surface area contributed by atoms with Crippen molar-refractivity contribution in [3.63, 3.8) is 0 Å². The van der Waals surface area contributed by atoms with Crippen molar-refractivity contribution in [1.29, 1.82) is 0 Å². The van der Waals surface area contributed by atoms with E-state index in [1.165, 1.54) is 12.1 Å². The highest BCUT2D eigenvalue weighted by Gasteiger charge is 2.38. The monoisotopic (exact) mass is 443 g/mol. The maximum atomic E-state index is 12.4. The molecule has 1 aliphatic heterocycles. The molecule has 8 nitrogen and oxygen atoms in total. The molecule has 1 heterocycles. The largest absolute Gasteiger partial charge is 0.455 e. The SMILES string of the molecule is C[C@@H](c1ccccc1)N1C[C@@H](C(=O)OCC(=O)NNC(=O)c2ccc(Cl)cc2)CC1=O. The topological polar surface area (TPSA) is 105 Å². The molecule has 2 aromatic carbocycles. The Kier molecular flexibility index (Phi) is 7.25. The van der Waals surface area contributed by atoms with Gasteiger partial charge in [-0.25, -0.2) is 0 Å². The molecule has 2 aromatic rings. The summed E-state index contributed by atoms with van der Waals surface area (Å²) < 4.78 is 5.02. The highest BCUT2D eigenvalue weighted by Crippen LogP contribution is 2.28. The molecule has 2 N–H and O–H groups in total. The van der Waals surface area contributed by atoms with Crippen LogP contribution in [0.1, 0.15) is 35.3 Å². The molecule has 0 saturated carbocycles. The number of likely N-dealkylation sites (tertiary alicyclic amines) is 1. The summed E-state index contributed by atoms with van der Waals surface area (Å²) in [5.74, 6) is -2.65. The Morgan fingerprint density at radius 2 is 1.77 bits per heavy atom. The van der Waals surface area contributed by atoms with E-state index in [0.717, 1.165) is 5.56 Å². The van der Waals surface area contributed by atoms with Crippen LogP contribution in [-0.4, -0.2) is 41.7 Å². The number of nitrogens with zero attached hydrogens (tertiary/aromatic N) is 1. The molecular weight excluding hydrogens is 422 g/mol. The van der Waals surface area contributed by atoms with Crippen molar-refractivity contribution in [3.05, 3.63) is 70.7 Å². The highest BCUT2D eigenvalue weighted by molar-refractivity contribution is 6.30. The van der Waals surface area contributed by atoms with Gasteiger partial charge in [-0.3, -0.25) is 30.0 Å². The molecule has 31 heavy (non-hydrogen) atoms. The van der Waals surface area contributed by atoms with E-state index >= 15 is 0 Å². The molecule has 0 unspecified atom stereocenters. The van der Waals surface area contributed by atoms with Crippen LogP contribution in [0, 0.1) is 5.92 Å². The smallest absolute Gasteiger partial charge is 0.311 e. The van der Waals surface area contributed by atoms with Gasteiger partial charge in [-0.1, -0.05) is 41.9 Å². The zero-order valence-electron chi connectivity index (χ0n) is 16.8. The Bertz CT molecular complexity index is 965. The average Bonchev–Trinajstić information content (AvgIpc) is 3.18. The van der Waals surface area contributed by atoms with E-state index in [1.807, 2.05) is 37.3 Å². The lowest BCUT2D eigenvalue weighted by Gasteiger charge is -2.25. The number of carbonyl (C=O) groups is 4. The molecule has 3 amide bonds. The van der Waals surface area contributed by atoms with Crippen LogP contribution in [-0.2, 0) is 19.1 Å². The number of nitrogens with one attached hydrogen (secondary N) is 2. The first kappa shape index (κ1) is 22.3. The normalized spacial score (nSPS) is 16.5. The van der Waals surface area contributed by atoms with Crippen molar-refractivity contribution in [1.82, 2.24) is 15.8 Å². The number of carbonyl (C=O) groups excluding carboxylic acids is 4. The minimum Gasteiger partial charge on any atom is -0.455 e. The van der Waals surface area contributed by atoms with Gasteiger partial charge in [-0.15, -0.1) is 0 Å². The van der Waals surface area contributed by atoms with Crippen molar-refractivity contribution in [2.45, 2.75) is 19.4 Å². The zero-order valence-corrected chi connectivity index (χ0v) is 17.6. The lowest BCUT2D eigenvalue weighted by atomic mass is 10.1. The Morgan fingerprint density at radius 1 is 1.10 bits per heavy atom. The van der Waals surface area contributed by atoms with Gasteiger partial charge in [0.1, 0.15) is 0 Å². The fourth-order valence-corrected chi connectivity index (χ4v) is 3.39. The van der Waals surface area contributed by atoms with Gasteiger partial charge >= 0.3 is 5.97 Å². The van der Waals surface area contributed by atoms with Gasteiger partial charge in [-0.2, -0.15) is 0 Å².